The second kappa shape index (κ2) is 6.96. The summed E-state index contributed by atoms with van der Waals surface area (Å²) in [5.41, 5.74) is 0.840. The molecule has 9 nitrogen and oxygen atoms in total. The van der Waals surface area contributed by atoms with E-state index in [1.165, 1.54) is 12.1 Å². The molecule has 9 heteroatoms. The number of quaternary nitrogens is 1. The molecular formula is C25H25N4O5+. The van der Waals surface area contributed by atoms with Gasteiger partial charge in [-0.3, -0.25) is 24.5 Å². The van der Waals surface area contributed by atoms with Crippen LogP contribution in [0.2, 0.25) is 0 Å². The molecule has 4 heterocycles. The predicted molar refractivity (Wildman–Crippen MR) is 122 cm³/mol. The molecule has 0 aliphatic carbocycles. The number of nitro benzene ring substituents is 1. The minimum Gasteiger partial charge on any atom is -0.315 e. The maximum atomic E-state index is 14.1. The molecule has 2 aromatic rings. The number of carbonyl (C=O) groups is 3. The van der Waals surface area contributed by atoms with Gasteiger partial charge in [-0.25, -0.2) is 4.90 Å². The van der Waals surface area contributed by atoms with Crippen molar-refractivity contribution in [3.8, 4) is 0 Å². The number of nitrogens with zero attached hydrogens (tertiary/aromatic N) is 3. The molecule has 6 rings (SSSR count). The number of hydrogen-bond donors (Lipinski definition) is 1. The lowest BCUT2D eigenvalue weighted by atomic mass is 9.75. The van der Waals surface area contributed by atoms with Crippen molar-refractivity contribution in [2.45, 2.75) is 38.3 Å². The van der Waals surface area contributed by atoms with Gasteiger partial charge in [-0.15, -0.1) is 0 Å². The Bertz CT molecular complexity index is 1290. The fourth-order valence-electron chi connectivity index (χ4n) is 7.20. The molecule has 1 N–H and O–H groups in total. The summed E-state index contributed by atoms with van der Waals surface area (Å²) in [5.74, 6) is -2.35. The third-order valence-corrected chi connectivity index (χ3v) is 8.40. The van der Waals surface area contributed by atoms with E-state index in [0.717, 1.165) is 40.4 Å². The van der Waals surface area contributed by atoms with E-state index >= 15 is 0 Å². The molecule has 2 aromatic carbocycles. The van der Waals surface area contributed by atoms with Gasteiger partial charge in [0.25, 0.3) is 11.6 Å². The van der Waals surface area contributed by atoms with E-state index in [-0.39, 0.29) is 34.8 Å². The molecule has 4 aliphatic heterocycles. The number of nitrogens with one attached hydrogen (secondary N) is 1. The largest absolute Gasteiger partial charge is 0.315 e. The first-order chi connectivity index (χ1) is 16.4. The zero-order chi connectivity index (χ0) is 23.9. The van der Waals surface area contributed by atoms with Gasteiger partial charge in [0, 0.05) is 31.0 Å². The van der Waals surface area contributed by atoms with E-state index in [4.69, 9.17) is 0 Å². The van der Waals surface area contributed by atoms with Crippen LogP contribution >= 0.6 is 0 Å². The van der Waals surface area contributed by atoms with Gasteiger partial charge in [0.05, 0.1) is 28.4 Å². The summed E-state index contributed by atoms with van der Waals surface area (Å²) >= 11 is 0. The minimum atomic E-state index is -1.14. The number of nitro groups is 1. The zero-order valence-electron chi connectivity index (χ0n) is 19.0. The van der Waals surface area contributed by atoms with Crippen LogP contribution < -0.4 is 14.7 Å². The number of anilines is 2. The van der Waals surface area contributed by atoms with Gasteiger partial charge in [0.15, 0.2) is 0 Å². The van der Waals surface area contributed by atoms with Crippen LogP contribution in [-0.2, 0) is 19.9 Å². The lowest BCUT2D eigenvalue weighted by molar-refractivity contribution is -0.948. The number of likely N-dealkylation sites (N-methyl/N-ethyl adjacent to an activating group) is 1. The van der Waals surface area contributed by atoms with Crippen molar-refractivity contribution in [1.29, 1.82) is 0 Å². The van der Waals surface area contributed by atoms with E-state index in [1.54, 1.807) is 17.9 Å². The molecule has 34 heavy (non-hydrogen) atoms. The van der Waals surface area contributed by atoms with E-state index < -0.39 is 28.2 Å². The Morgan fingerprint density at radius 3 is 2.56 bits per heavy atom. The highest BCUT2D eigenvalue weighted by Crippen LogP contribution is 2.54. The molecule has 0 bridgehead atoms. The number of rotatable bonds is 3. The third kappa shape index (κ3) is 2.25. The van der Waals surface area contributed by atoms with Gasteiger partial charge < -0.3 is 9.80 Å². The van der Waals surface area contributed by atoms with Gasteiger partial charge in [-0.1, -0.05) is 24.3 Å². The maximum absolute atomic E-state index is 14.1. The summed E-state index contributed by atoms with van der Waals surface area (Å²) in [6.07, 6.45) is 1.64. The van der Waals surface area contributed by atoms with E-state index in [0.29, 0.717) is 6.54 Å². The molecular weight excluding hydrogens is 436 g/mol. The van der Waals surface area contributed by atoms with E-state index in [1.807, 2.05) is 31.2 Å². The number of benzene rings is 2. The van der Waals surface area contributed by atoms with Crippen LogP contribution in [0.4, 0.5) is 17.1 Å². The first-order valence-electron chi connectivity index (χ1n) is 11.7. The number of hydrogen-bond acceptors (Lipinski definition) is 5. The number of para-hydroxylation sites is 1. The zero-order valence-corrected chi connectivity index (χ0v) is 19.0. The number of carbonyl (C=O) groups excluding carboxylic acids is 3. The average Bonchev–Trinajstić information content (AvgIpc) is 3.52. The molecule has 3 saturated heterocycles. The summed E-state index contributed by atoms with van der Waals surface area (Å²) in [7, 11) is 0. The number of imide groups is 1. The van der Waals surface area contributed by atoms with E-state index in [2.05, 4.69) is 0 Å². The highest BCUT2D eigenvalue weighted by atomic mass is 16.6. The molecule has 3 fully saturated rings. The predicted octanol–water partition coefficient (Wildman–Crippen LogP) is 1.33. The summed E-state index contributed by atoms with van der Waals surface area (Å²) < 4.78 is 0. The fraction of sp³-hybridized carbons (Fsp3) is 0.400. The quantitative estimate of drug-likeness (QED) is 0.422. The third-order valence-electron chi connectivity index (χ3n) is 8.40. The summed E-state index contributed by atoms with van der Waals surface area (Å²) in [4.78, 5) is 57.0. The van der Waals surface area contributed by atoms with Crippen molar-refractivity contribution in [3.05, 3.63) is 63.7 Å². The van der Waals surface area contributed by atoms with Crippen LogP contribution in [0.3, 0.4) is 0 Å². The molecule has 0 aromatic heterocycles. The molecule has 4 aliphatic rings. The topological polar surface area (TPSA) is 105 Å². The molecule has 1 spiro atoms. The molecule has 5 atom stereocenters. The first kappa shape index (κ1) is 21.0. The average molecular weight is 461 g/mol. The first-order valence-corrected chi connectivity index (χ1v) is 11.7. The summed E-state index contributed by atoms with van der Waals surface area (Å²) in [5, 5.41) is 11.5. The van der Waals surface area contributed by atoms with Crippen molar-refractivity contribution >= 4 is 34.8 Å². The Morgan fingerprint density at radius 1 is 1.09 bits per heavy atom. The molecule has 0 radical (unpaired) electrons. The van der Waals surface area contributed by atoms with Gasteiger partial charge in [0.2, 0.25) is 17.4 Å². The van der Waals surface area contributed by atoms with Crippen molar-refractivity contribution in [1.82, 2.24) is 0 Å². The van der Waals surface area contributed by atoms with Crippen LogP contribution in [0.25, 0.3) is 0 Å². The van der Waals surface area contributed by atoms with Crippen LogP contribution in [0.15, 0.2) is 42.5 Å². The van der Waals surface area contributed by atoms with Gasteiger partial charge in [0.1, 0.15) is 17.9 Å². The molecule has 1 unspecified atom stereocenters. The highest BCUT2D eigenvalue weighted by molar-refractivity contribution is 6.25. The Labute approximate surface area is 196 Å². The number of amides is 3. The van der Waals surface area contributed by atoms with Crippen molar-refractivity contribution in [3.63, 3.8) is 0 Å². The molecule has 0 saturated carbocycles. The van der Waals surface area contributed by atoms with Crippen molar-refractivity contribution in [2.24, 2.45) is 11.8 Å². The monoisotopic (exact) mass is 461 g/mol. The van der Waals surface area contributed by atoms with E-state index in [9.17, 15) is 24.5 Å². The van der Waals surface area contributed by atoms with Gasteiger partial charge >= 0.3 is 0 Å². The smallest absolute Gasteiger partial charge is 0.294 e. The normalized spacial score (nSPS) is 31.4. The fourth-order valence-corrected chi connectivity index (χ4v) is 7.20. The lowest BCUT2D eigenvalue weighted by Gasteiger charge is -2.34. The van der Waals surface area contributed by atoms with Crippen LogP contribution in [-0.4, -0.2) is 41.8 Å². The van der Waals surface area contributed by atoms with Gasteiger partial charge in [-0.2, -0.15) is 0 Å². The van der Waals surface area contributed by atoms with Gasteiger partial charge in [-0.05, 0) is 26.0 Å². The minimum absolute atomic E-state index is 0.121. The van der Waals surface area contributed by atoms with Crippen molar-refractivity contribution in [2.75, 3.05) is 22.9 Å². The maximum Gasteiger partial charge on any atom is 0.294 e. The second-order valence-corrected chi connectivity index (χ2v) is 9.59. The van der Waals surface area contributed by atoms with Crippen molar-refractivity contribution < 1.29 is 24.2 Å². The second-order valence-electron chi connectivity index (χ2n) is 9.59. The molecule has 174 valence electrons. The Morgan fingerprint density at radius 2 is 1.82 bits per heavy atom. The Kier molecular flexibility index (Phi) is 4.29. The SMILES string of the molecule is CCN1C(=O)[C@]2(c3ccccc31)[C@@H]1C(=O)N(c3cccc([N+](=O)[O-])c3C)C(=O)[C@@H]1[C@@H]1CCC[NH+]12. The lowest BCUT2D eigenvalue weighted by Crippen LogP contribution is -3.20. The highest BCUT2D eigenvalue weighted by Gasteiger charge is 2.79. The number of fused-ring (bicyclic) bond motifs is 7. The molecule has 3 amide bonds. The van der Waals surface area contributed by atoms with Crippen LogP contribution in [0.1, 0.15) is 30.9 Å². The Balaban J connectivity index is 1.56. The Hall–Kier alpha value is -3.59. The van der Waals surface area contributed by atoms with Crippen LogP contribution in [0.5, 0.6) is 0 Å². The summed E-state index contributed by atoms with van der Waals surface area (Å²) in [6.45, 7) is 4.67. The standard InChI is InChI=1S/C25H24N4O5/c1-3-26-18-9-5-4-8-15(18)25(24(26)32)21-20(19-12-7-13-27(19)25)22(30)28(23(21)31)16-10-6-11-17(14(16)2)29(33)34/h4-6,8-11,19-21H,3,7,12-13H2,1-2H3/p+1/t19-,20+,21-,25-/m0/s1. The van der Waals surface area contributed by atoms with Crippen LogP contribution in [0, 0.1) is 28.9 Å². The summed E-state index contributed by atoms with van der Waals surface area (Å²) in [6, 6.07) is 11.9.